The second kappa shape index (κ2) is 8.96. The summed E-state index contributed by atoms with van der Waals surface area (Å²) in [7, 11) is 0. The molecular formula is C24H27N3O2S. The first-order valence-electron chi connectivity index (χ1n) is 10.2. The van der Waals surface area contributed by atoms with Crippen LogP contribution in [0, 0.1) is 13.8 Å². The molecule has 1 N–H and O–H groups in total. The number of aromatic nitrogens is 2. The zero-order chi connectivity index (χ0) is 21.1. The molecule has 2 heterocycles. The Morgan fingerprint density at radius 2 is 1.93 bits per heavy atom. The normalized spacial score (nSPS) is 15.0. The Morgan fingerprint density at radius 1 is 1.17 bits per heavy atom. The zero-order valence-corrected chi connectivity index (χ0v) is 18.5. The Labute approximate surface area is 181 Å². The number of carbonyl (C=O) groups is 1. The number of amides is 1. The summed E-state index contributed by atoms with van der Waals surface area (Å²) in [6.07, 6.45) is 3.29. The second-order valence-corrected chi connectivity index (χ2v) is 8.58. The number of thioether (sulfide) groups is 1. The quantitative estimate of drug-likeness (QED) is 0.575. The predicted octanol–water partition coefficient (Wildman–Crippen LogP) is 4.40. The molecule has 30 heavy (non-hydrogen) atoms. The van der Waals surface area contributed by atoms with Crippen molar-refractivity contribution in [2.45, 2.75) is 44.2 Å². The van der Waals surface area contributed by atoms with Crippen LogP contribution in [0.5, 0.6) is 5.75 Å². The Hall–Kier alpha value is -2.73. The van der Waals surface area contributed by atoms with Gasteiger partial charge in [-0.25, -0.2) is 0 Å². The van der Waals surface area contributed by atoms with Gasteiger partial charge in [0, 0.05) is 30.0 Å². The van der Waals surface area contributed by atoms with Crippen LogP contribution in [0.3, 0.4) is 0 Å². The third-order valence-electron chi connectivity index (χ3n) is 5.41. The highest BCUT2D eigenvalue weighted by Gasteiger charge is 2.23. The molecule has 0 saturated carbocycles. The first-order valence-corrected chi connectivity index (χ1v) is 11.5. The predicted molar refractivity (Wildman–Crippen MR) is 121 cm³/mol. The van der Waals surface area contributed by atoms with Gasteiger partial charge in [0.15, 0.2) is 0 Å². The molecule has 1 aliphatic rings. The zero-order valence-electron chi connectivity index (χ0n) is 17.6. The molecule has 0 radical (unpaired) electrons. The largest absolute Gasteiger partial charge is 0.488 e. The van der Waals surface area contributed by atoms with Gasteiger partial charge in [0.05, 0.1) is 12.2 Å². The Kier molecular flexibility index (Phi) is 6.13. The van der Waals surface area contributed by atoms with Crippen molar-refractivity contribution in [3.05, 3.63) is 65.5 Å². The molecule has 1 aromatic heterocycles. The number of carbonyl (C=O) groups excluding carboxylic acids is 1. The van der Waals surface area contributed by atoms with Crippen LogP contribution in [0.15, 0.2) is 53.4 Å². The maximum absolute atomic E-state index is 12.2. The number of aryl methyl sites for hydroxylation is 3. The average Bonchev–Trinajstić information content (AvgIpc) is 3.31. The molecule has 1 amide bonds. The topological polar surface area (TPSA) is 56.2 Å². The number of hydrogen-bond donors (Lipinski definition) is 1. The highest BCUT2D eigenvalue weighted by Crippen LogP contribution is 2.33. The molecule has 0 aliphatic carbocycles. The van der Waals surface area contributed by atoms with Crippen LogP contribution in [0.25, 0.3) is 11.1 Å². The molecule has 1 aliphatic heterocycles. The lowest BCUT2D eigenvalue weighted by molar-refractivity contribution is -0.121. The molecular weight excluding hydrogens is 394 g/mol. The number of nitrogens with one attached hydrogen (secondary N) is 1. The van der Waals surface area contributed by atoms with Gasteiger partial charge in [-0.3, -0.25) is 9.48 Å². The van der Waals surface area contributed by atoms with Crippen LogP contribution >= 0.6 is 11.8 Å². The standard InChI is InChI=1S/C24H27N3O2S/c1-16-12-17(2)27(26-16)11-10-24(28)25-15-21-14-20-13-19(6-9-23(20)29-21)18-4-7-22(30-3)8-5-18/h4-9,12-13,21H,10-11,14-15H2,1-3H3,(H,25,28)/t21-/m1/s1. The summed E-state index contributed by atoms with van der Waals surface area (Å²) in [4.78, 5) is 13.5. The van der Waals surface area contributed by atoms with Gasteiger partial charge >= 0.3 is 0 Å². The SMILES string of the molecule is CSc1ccc(-c2ccc3c(c2)C[C@H](CNC(=O)CCn2nc(C)cc2C)O3)cc1. The summed E-state index contributed by atoms with van der Waals surface area (Å²) in [5.74, 6) is 0.943. The Balaban J connectivity index is 1.30. The van der Waals surface area contributed by atoms with E-state index in [2.05, 4.69) is 53.1 Å². The molecule has 0 bridgehead atoms. The number of ether oxygens (including phenoxy) is 1. The van der Waals surface area contributed by atoms with Crippen molar-refractivity contribution in [1.82, 2.24) is 15.1 Å². The van der Waals surface area contributed by atoms with Gasteiger partial charge in [0.2, 0.25) is 5.91 Å². The molecule has 3 aromatic rings. The highest BCUT2D eigenvalue weighted by atomic mass is 32.2. The lowest BCUT2D eigenvalue weighted by atomic mass is 10.0. The summed E-state index contributed by atoms with van der Waals surface area (Å²) in [6.45, 7) is 5.08. The van der Waals surface area contributed by atoms with Crippen molar-refractivity contribution in [2.75, 3.05) is 12.8 Å². The fourth-order valence-electron chi connectivity index (χ4n) is 3.82. The number of rotatable bonds is 7. The minimum atomic E-state index is -0.0215. The monoisotopic (exact) mass is 421 g/mol. The summed E-state index contributed by atoms with van der Waals surface area (Å²) in [6, 6.07) is 17.0. The van der Waals surface area contributed by atoms with Crippen LogP contribution in [0.1, 0.15) is 23.4 Å². The van der Waals surface area contributed by atoms with Gasteiger partial charge in [-0.2, -0.15) is 5.10 Å². The summed E-state index contributed by atoms with van der Waals surface area (Å²) in [5.41, 5.74) is 5.65. The van der Waals surface area contributed by atoms with Crippen molar-refractivity contribution in [3.63, 3.8) is 0 Å². The van der Waals surface area contributed by atoms with Crippen LogP contribution < -0.4 is 10.1 Å². The van der Waals surface area contributed by atoms with Gasteiger partial charge in [0.25, 0.3) is 0 Å². The van der Waals surface area contributed by atoms with Crippen molar-refractivity contribution < 1.29 is 9.53 Å². The van der Waals surface area contributed by atoms with Gasteiger partial charge < -0.3 is 10.1 Å². The van der Waals surface area contributed by atoms with E-state index in [-0.39, 0.29) is 12.0 Å². The van der Waals surface area contributed by atoms with Gasteiger partial charge in [-0.1, -0.05) is 18.2 Å². The first-order chi connectivity index (χ1) is 14.5. The van der Waals surface area contributed by atoms with Crippen molar-refractivity contribution >= 4 is 17.7 Å². The second-order valence-electron chi connectivity index (χ2n) is 7.70. The van der Waals surface area contributed by atoms with E-state index in [1.807, 2.05) is 30.7 Å². The molecule has 2 aromatic carbocycles. The van der Waals surface area contributed by atoms with E-state index < -0.39 is 0 Å². The van der Waals surface area contributed by atoms with Crippen molar-refractivity contribution in [2.24, 2.45) is 0 Å². The molecule has 6 heteroatoms. The van der Waals surface area contributed by atoms with Crippen molar-refractivity contribution in [1.29, 1.82) is 0 Å². The van der Waals surface area contributed by atoms with E-state index in [1.54, 1.807) is 11.8 Å². The summed E-state index contributed by atoms with van der Waals surface area (Å²) in [5, 5.41) is 7.41. The van der Waals surface area contributed by atoms with E-state index in [0.717, 1.165) is 23.6 Å². The Morgan fingerprint density at radius 3 is 2.63 bits per heavy atom. The molecule has 0 fully saturated rings. The molecule has 5 nitrogen and oxygen atoms in total. The molecule has 0 saturated heterocycles. The maximum Gasteiger partial charge on any atom is 0.221 e. The van der Waals surface area contributed by atoms with E-state index in [1.165, 1.54) is 21.6 Å². The van der Waals surface area contributed by atoms with Crippen LogP contribution in [-0.4, -0.2) is 34.6 Å². The Bertz CT molecular complexity index is 1040. The van der Waals surface area contributed by atoms with Gasteiger partial charge in [-0.15, -0.1) is 11.8 Å². The maximum atomic E-state index is 12.2. The van der Waals surface area contributed by atoms with Gasteiger partial charge in [-0.05, 0) is 67.1 Å². The van der Waals surface area contributed by atoms with Gasteiger partial charge in [0.1, 0.15) is 11.9 Å². The van der Waals surface area contributed by atoms with Crippen LogP contribution in [0.4, 0.5) is 0 Å². The molecule has 1 atom stereocenters. The third-order valence-corrected chi connectivity index (χ3v) is 6.15. The van der Waals surface area contributed by atoms with Crippen LogP contribution in [0.2, 0.25) is 0 Å². The molecule has 4 rings (SSSR count). The van der Waals surface area contributed by atoms with Crippen molar-refractivity contribution in [3.8, 4) is 16.9 Å². The fourth-order valence-corrected chi connectivity index (χ4v) is 4.23. The van der Waals surface area contributed by atoms with E-state index in [9.17, 15) is 4.79 Å². The minimum Gasteiger partial charge on any atom is -0.488 e. The number of nitrogens with zero attached hydrogens (tertiary/aromatic N) is 2. The molecule has 156 valence electrons. The lowest BCUT2D eigenvalue weighted by Gasteiger charge is -2.12. The fraction of sp³-hybridized carbons (Fsp3) is 0.333. The molecule has 0 unspecified atom stereocenters. The first kappa shape index (κ1) is 20.5. The third kappa shape index (κ3) is 4.70. The molecule has 0 spiro atoms. The van der Waals surface area contributed by atoms with E-state index in [0.29, 0.717) is 19.5 Å². The summed E-state index contributed by atoms with van der Waals surface area (Å²) >= 11 is 1.75. The smallest absolute Gasteiger partial charge is 0.221 e. The average molecular weight is 422 g/mol. The minimum absolute atomic E-state index is 0.0215. The lowest BCUT2D eigenvalue weighted by Crippen LogP contribution is -2.34. The number of fused-ring (bicyclic) bond motifs is 1. The summed E-state index contributed by atoms with van der Waals surface area (Å²) < 4.78 is 7.91. The number of hydrogen-bond acceptors (Lipinski definition) is 4. The van der Waals surface area contributed by atoms with E-state index >= 15 is 0 Å². The highest BCUT2D eigenvalue weighted by molar-refractivity contribution is 7.98. The van der Waals surface area contributed by atoms with Crippen LogP contribution in [-0.2, 0) is 17.8 Å². The number of benzene rings is 2. The van der Waals surface area contributed by atoms with E-state index in [4.69, 9.17) is 4.74 Å².